The molecule has 18 heavy (non-hydrogen) atoms. The van der Waals surface area contributed by atoms with Gasteiger partial charge < -0.3 is 35.6 Å². The van der Waals surface area contributed by atoms with E-state index in [4.69, 9.17) is 30.6 Å². The zero-order valence-corrected chi connectivity index (χ0v) is 9.29. The number of imidazole rings is 1. The van der Waals surface area contributed by atoms with E-state index in [1.165, 1.54) is 0 Å². The molecule has 7 N–H and O–H groups in total. The van der Waals surface area contributed by atoms with Crippen molar-refractivity contribution in [2.75, 3.05) is 6.61 Å². The minimum absolute atomic E-state index is 0.843. The fourth-order valence-corrected chi connectivity index (χ4v) is 0.884. The molecule has 0 amide bonds. The zero-order chi connectivity index (χ0) is 14.1. The molecule has 0 spiro atoms. The second-order valence-corrected chi connectivity index (χ2v) is 3.27. The van der Waals surface area contributed by atoms with Gasteiger partial charge in [0, 0.05) is 12.4 Å². The average molecular weight is 264 g/mol. The number of aromatic amines is 1. The molecule has 9 heteroatoms. The van der Waals surface area contributed by atoms with Crippen LogP contribution in [0.2, 0.25) is 0 Å². The lowest BCUT2D eigenvalue weighted by Crippen LogP contribution is -2.48. The highest BCUT2D eigenvalue weighted by molar-refractivity contribution is 5.72. The summed E-state index contributed by atoms with van der Waals surface area (Å²) in [6, 6.07) is 0. The van der Waals surface area contributed by atoms with Gasteiger partial charge in [-0.2, -0.15) is 0 Å². The maximum absolute atomic E-state index is 10.1. The topological polar surface area (TPSA) is 167 Å². The number of aliphatic hydroxyl groups excluding tert-OH is 5. The molecule has 0 fully saturated rings. The molecule has 1 aromatic rings. The second-order valence-electron chi connectivity index (χ2n) is 3.27. The van der Waals surface area contributed by atoms with E-state index in [1.807, 2.05) is 0 Å². The molecule has 1 aromatic heterocycles. The Labute approximate surface area is 102 Å². The van der Waals surface area contributed by atoms with Gasteiger partial charge >= 0.3 is 5.97 Å². The number of aliphatic hydroxyl groups is 5. The molecular formula is C9H16N2O7. The van der Waals surface area contributed by atoms with Crippen LogP contribution in [0.3, 0.4) is 0 Å². The number of aromatic nitrogens is 2. The minimum Gasteiger partial charge on any atom is -0.479 e. The van der Waals surface area contributed by atoms with Crippen LogP contribution in [0.1, 0.15) is 0 Å². The van der Waals surface area contributed by atoms with E-state index in [9.17, 15) is 4.79 Å². The Balaban J connectivity index is 0.000000473. The first-order chi connectivity index (χ1) is 8.41. The zero-order valence-electron chi connectivity index (χ0n) is 9.29. The first-order valence-electron chi connectivity index (χ1n) is 4.90. The number of carboxylic acid groups (broad SMARTS) is 1. The van der Waals surface area contributed by atoms with Crippen molar-refractivity contribution in [2.45, 2.75) is 24.4 Å². The summed E-state index contributed by atoms with van der Waals surface area (Å²) in [5.74, 6) is -1.73. The highest BCUT2D eigenvalue weighted by Crippen LogP contribution is 2.04. The number of rotatable bonds is 5. The van der Waals surface area contributed by atoms with Crippen molar-refractivity contribution in [2.24, 2.45) is 0 Å². The molecule has 0 aliphatic rings. The normalized spacial score (nSPS) is 16.9. The molecule has 0 saturated carbocycles. The van der Waals surface area contributed by atoms with Crippen LogP contribution in [0.4, 0.5) is 0 Å². The van der Waals surface area contributed by atoms with Gasteiger partial charge in [-0.25, -0.2) is 9.78 Å². The Hall–Kier alpha value is -1.52. The van der Waals surface area contributed by atoms with E-state index in [-0.39, 0.29) is 0 Å². The van der Waals surface area contributed by atoms with E-state index in [2.05, 4.69) is 9.97 Å². The van der Waals surface area contributed by atoms with Crippen molar-refractivity contribution in [1.29, 1.82) is 0 Å². The first-order valence-corrected chi connectivity index (χ1v) is 4.90. The van der Waals surface area contributed by atoms with Crippen LogP contribution in [0.25, 0.3) is 0 Å². The summed E-state index contributed by atoms with van der Waals surface area (Å²) in [6.45, 7) is -0.843. The molecular weight excluding hydrogens is 248 g/mol. The van der Waals surface area contributed by atoms with Gasteiger partial charge in [-0.1, -0.05) is 0 Å². The van der Waals surface area contributed by atoms with Crippen LogP contribution in [0, 0.1) is 0 Å². The Morgan fingerprint density at radius 2 is 1.83 bits per heavy atom. The second kappa shape index (κ2) is 8.55. The number of H-pyrrole nitrogens is 1. The summed E-state index contributed by atoms with van der Waals surface area (Å²) < 4.78 is 0. The van der Waals surface area contributed by atoms with E-state index in [1.54, 1.807) is 18.7 Å². The minimum atomic E-state index is -2.20. The molecule has 9 nitrogen and oxygen atoms in total. The Morgan fingerprint density at radius 1 is 1.22 bits per heavy atom. The SMILES string of the molecule is O=C(O)[C@H](O)[C@@H](O)[C@H](O)[C@H](O)CO.c1c[nH]cn1. The molecule has 0 aliphatic carbocycles. The third kappa shape index (κ3) is 5.70. The van der Waals surface area contributed by atoms with Crippen molar-refractivity contribution in [3.63, 3.8) is 0 Å². The van der Waals surface area contributed by atoms with Crippen LogP contribution in [0.5, 0.6) is 0 Å². The van der Waals surface area contributed by atoms with Gasteiger partial charge in [0.15, 0.2) is 6.10 Å². The summed E-state index contributed by atoms with van der Waals surface area (Å²) in [7, 11) is 0. The average Bonchev–Trinajstić information content (AvgIpc) is 2.93. The third-order valence-electron chi connectivity index (χ3n) is 1.91. The number of carbonyl (C=O) groups is 1. The number of nitrogens with one attached hydrogen (secondary N) is 1. The van der Waals surface area contributed by atoms with Crippen LogP contribution < -0.4 is 0 Å². The van der Waals surface area contributed by atoms with Gasteiger partial charge in [0.05, 0.1) is 12.9 Å². The maximum atomic E-state index is 10.1. The first kappa shape index (κ1) is 16.5. The van der Waals surface area contributed by atoms with Crippen LogP contribution in [-0.4, -0.2) is 77.6 Å². The summed E-state index contributed by atoms with van der Waals surface area (Å²) in [6.07, 6.45) is -2.75. The van der Waals surface area contributed by atoms with Gasteiger partial charge in [0.1, 0.15) is 18.3 Å². The molecule has 0 unspecified atom stereocenters. The number of aliphatic carboxylic acids is 1. The van der Waals surface area contributed by atoms with E-state index in [0.717, 1.165) is 0 Å². The number of hydrogen-bond donors (Lipinski definition) is 7. The molecule has 0 bridgehead atoms. The highest BCUT2D eigenvalue weighted by Gasteiger charge is 2.33. The summed E-state index contributed by atoms with van der Waals surface area (Å²) in [4.78, 5) is 16.5. The van der Waals surface area contributed by atoms with Crippen LogP contribution in [-0.2, 0) is 4.79 Å². The fraction of sp³-hybridized carbons (Fsp3) is 0.556. The van der Waals surface area contributed by atoms with Gasteiger partial charge in [-0.15, -0.1) is 0 Å². The van der Waals surface area contributed by atoms with Crippen molar-refractivity contribution >= 4 is 5.97 Å². The smallest absolute Gasteiger partial charge is 0.335 e. The molecule has 0 aromatic carbocycles. The molecule has 104 valence electrons. The Bertz CT molecular complexity index is 302. The van der Waals surface area contributed by atoms with Crippen LogP contribution in [0.15, 0.2) is 18.7 Å². The third-order valence-corrected chi connectivity index (χ3v) is 1.91. The van der Waals surface area contributed by atoms with Crippen molar-refractivity contribution in [3.8, 4) is 0 Å². The summed E-state index contributed by atoms with van der Waals surface area (Å²) in [5.41, 5.74) is 0. The molecule has 0 saturated heterocycles. The lowest BCUT2D eigenvalue weighted by Gasteiger charge is -2.23. The molecule has 0 aliphatic heterocycles. The molecule has 1 heterocycles. The lowest BCUT2D eigenvalue weighted by molar-refractivity contribution is -0.164. The largest absolute Gasteiger partial charge is 0.479 e. The van der Waals surface area contributed by atoms with Gasteiger partial charge in [-0.3, -0.25) is 0 Å². The van der Waals surface area contributed by atoms with Crippen molar-refractivity contribution < 1.29 is 35.4 Å². The highest BCUT2D eigenvalue weighted by atomic mass is 16.4. The van der Waals surface area contributed by atoms with Gasteiger partial charge in [-0.05, 0) is 0 Å². The summed E-state index contributed by atoms with van der Waals surface area (Å²) in [5, 5.41) is 51.8. The van der Waals surface area contributed by atoms with Crippen molar-refractivity contribution in [1.82, 2.24) is 9.97 Å². The number of hydrogen-bond acceptors (Lipinski definition) is 7. The Morgan fingerprint density at radius 3 is 2.11 bits per heavy atom. The summed E-state index contributed by atoms with van der Waals surface area (Å²) >= 11 is 0. The van der Waals surface area contributed by atoms with Crippen LogP contribution >= 0.6 is 0 Å². The predicted molar refractivity (Wildman–Crippen MR) is 57.3 cm³/mol. The van der Waals surface area contributed by atoms with Gasteiger partial charge in [0.2, 0.25) is 0 Å². The molecule has 4 atom stereocenters. The van der Waals surface area contributed by atoms with Crippen molar-refractivity contribution in [3.05, 3.63) is 18.7 Å². The van der Waals surface area contributed by atoms with E-state index >= 15 is 0 Å². The predicted octanol–water partition coefficient (Wildman–Crippen LogP) is -3.08. The van der Waals surface area contributed by atoms with E-state index in [0.29, 0.717) is 0 Å². The Kier molecular flexibility index (Phi) is 7.83. The van der Waals surface area contributed by atoms with E-state index < -0.39 is 37.0 Å². The fourth-order valence-electron chi connectivity index (χ4n) is 0.884. The maximum Gasteiger partial charge on any atom is 0.335 e. The monoisotopic (exact) mass is 264 g/mol. The number of carboxylic acids is 1. The molecule has 0 radical (unpaired) electrons. The number of nitrogens with zero attached hydrogens (tertiary/aromatic N) is 1. The quantitative estimate of drug-likeness (QED) is 0.294. The van der Waals surface area contributed by atoms with Gasteiger partial charge in [0.25, 0.3) is 0 Å². The lowest BCUT2D eigenvalue weighted by atomic mass is 10.0. The standard InChI is InChI=1S/C6H12O7.C3H4N2/c7-1-2(8)3(9)4(10)5(11)6(12)13;1-2-5-3-4-1/h2-5,7-11H,1H2,(H,12,13);1-3H,(H,4,5)/t2-,3-,4+,5-;/m1./s1. The molecule has 1 rings (SSSR count).